The molecule has 1 aromatic rings. The van der Waals surface area contributed by atoms with Gasteiger partial charge in [0.15, 0.2) is 0 Å². The Kier molecular flexibility index (Phi) is 3.93. The normalized spacial score (nSPS) is 16.4. The first-order chi connectivity index (χ1) is 6.86. The summed E-state index contributed by atoms with van der Waals surface area (Å²) >= 11 is 1.69. The van der Waals surface area contributed by atoms with E-state index in [1.807, 2.05) is 13.0 Å². The summed E-state index contributed by atoms with van der Waals surface area (Å²) < 4.78 is 0. The fourth-order valence-corrected chi connectivity index (χ4v) is 2.51. The lowest BCUT2D eigenvalue weighted by Crippen LogP contribution is -2.18. The zero-order valence-corrected chi connectivity index (χ0v) is 10.8. The maximum atomic E-state index is 10.00. The highest BCUT2D eigenvalue weighted by Gasteiger charge is 2.21. The molecule has 0 aliphatic heterocycles. The minimum Gasteiger partial charge on any atom is -0.387 e. The fraction of sp³-hybridized carbons (Fsp3) is 0.667. The summed E-state index contributed by atoms with van der Waals surface area (Å²) in [7, 11) is 0. The maximum Gasteiger partial charge on any atom is 0.0919 e. The summed E-state index contributed by atoms with van der Waals surface area (Å²) in [6, 6.07) is 4.12. The summed E-state index contributed by atoms with van der Waals surface area (Å²) in [5, 5.41) is 10.00. The van der Waals surface area contributed by atoms with Crippen molar-refractivity contribution in [3.05, 3.63) is 21.9 Å². The van der Waals surface area contributed by atoms with E-state index in [9.17, 15) is 5.11 Å². The molecule has 0 saturated heterocycles. The average molecular weight is 227 g/mol. The van der Waals surface area contributed by atoms with Crippen LogP contribution < -0.4 is 5.73 Å². The van der Waals surface area contributed by atoms with E-state index in [2.05, 4.69) is 26.8 Å². The van der Waals surface area contributed by atoms with Crippen molar-refractivity contribution < 1.29 is 5.11 Å². The maximum absolute atomic E-state index is 10.00. The SMILES string of the molecule is CC(CN)C(O)c1ccc(C(C)(C)C)s1. The van der Waals surface area contributed by atoms with Gasteiger partial charge in [0.25, 0.3) is 0 Å². The molecule has 0 aliphatic rings. The van der Waals surface area contributed by atoms with Gasteiger partial charge >= 0.3 is 0 Å². The molecule has 1 aromatic heterocycles. The highest BCUT2D eigenvalue weighted by Crippen LogP contribution is 2.34. The lowest BCUT2D eigenvalue weighted by atomic mass is 9.95. The third kappa shape index (κ3) is 3.03. The van der Waals surface area contributed by atoms with E-state index in [4.69, 9.17) is 5.73 Å². The quantitative estimate of drug-likeness (QED) is 0.834. The molecule has 0 spiro atoms. The van der Waals surface area contributed by atoms with Crippen LogP contribution in [0.15, 0.2) is 12.1 Å². The molecule has 3 heteroatoms. The van der Waals surface area contributed by atoms with Gasteiger partial charge < -0.3 is 10.8 Å². The van der Waals surface area contributed by atoms with Gasteiger partial charge in [-0.3, -0.25) is 0 Å². The van der Waals surface area contributed by atoms with Crippen molar-refractivity contribution >= 4 is 11.3 Å². The standard InChI is InChI=1S/C12H21NOS/c1-8(7-13)11(14)9-5-6-10(15-9)12(2,3)4/h5-6,8,11,14H,7,13H2,1-4H3. The van der Waals surface area contributed by atoms with Gasteiger partial charge in [0, 0.05) is 9.75 Å². The van der Waals surface area contributed by atoms with Crippen LogP contribution in [0.2, 0.25) is 0 Å². The third-order valence-electron chi connectivity index (χ3n) is 2.57. The summed E-state index contributed by atoms with van der Waals surface area (Å²) in [6.45, 7) is 9.04. The number of rotatable bonds is 3. The number of thiophene rings is 1. The van der Waals surface area contributed by atoms with Crippen molar-refractivity contribution in [1.29, 1.82) is 0 Å². The van der Waals surface area contributed by atoms with Gasteiger partial charge in [-0.25, -0.2) is 0 Å². The van der Waals surface area contributed by atoms with Gasteiger partial charge in [-0.1, -0.05) is 27.7 Å². The Morgan fingerprint density at radius 2 is 2.00 bits per heavy atom. The number of hydrogen-bond acceptors (Lipinski definition) is 3. The molecule has 2 atom stereocenters. The monoisotopic (exact) mass is 227 g/mol. The lowest BCUT2D eigenvalue weighted by molar-refractivity contribution is 0.125. The second-order valence-corrected chi connectivity index (χ2v) is 6.23. The minimum atomic E-state index is -0.420. The molecule has 0 aromatic carbocycles. The molecule has 15 heavy (non-hydrogen) atoms. The van der Waals surface area contributed by atoms with Gasteiger partial charge in [0.05, 0.1) is 6.10 Å². The van der Waals surface area contributed by atoms with Crippen molar-refractivity contribution in [3.63, 3.8) is 0 Å². The van der Waals surface area contributed by atoms with Crippen LogP contribution in [0.1, 0.15) is 43.6 Å². The minimum absolute atomic E-state index is 0.122. The Hall–Kier alpha value is -0.380. The molecule has 1 heterocycles. The average Bonchev–Trinajstić information content (AvgIpc) is 2.63. The summed E-state index contributed by atoms with van der Waals surface area (Å²) in [6.07, 6.45) is -0.420. The molecule has 0 saturated carbocycles. The molecule has 0 aliphatic carbocycles. The molecule has 0 bridgehead atoms. The summed E-state index contributed by atoms with van der Waals surface area (Å²) in [5.41, 5.74) is 5.71. The number of aliphatic hydroxyl groups excluding tert-OH is 1. The Balaban J connectivity index is 2.85. The Labute approximate surface area is 96.1 Å². The van der Waals surface area contributed by atoms with Crippen LogP contribution in [0, 0.1) is 5.92 Å². The van der Waals surface area contributed by atoms with E-state index in [1.54, 1.807) is 11.3 Å². The zero-order chi connectivity index (χ0) is 11.6. The van der Waals surface area contributed by atoms with Crippen molar-refractivity contribution in [2.75, 3.05) is 6.54 Å². The number of nitrogens with two attached hydrogens (primary N) is 1. The molecule has 0 fully saturated rings. The van der Waals surface area contributed by atoms with Gasteiger partial charge in [0.1, 0.15) is 0 Å². The van der Waals surface area contributed by atoms with Crippen molar-refractivity contribution in [2.24, 2.45) is 11.7 Å². The molecular weight excluding hydrogens is 206 g/mol. The third-order valence-corrected chi connectivity index (χ3v) is 4.15. The van der Waals surface area contributed by atoms with Crippen LogP contribution in [0.5, 0.6) is 0 Å². The first-order valence-electron chi connectivity index (χ1n) is 5.34. The van der Waals surface area contributed by atoms with Crippen LogP contribution in [-0.2, 0) is 5.41 Å². The van der Waals surface area contributed by atoms with Crippen LogP contribution >= 0.6 is 11.3 Å². The number of hydrogen-bond donors (Lipinski definition) is 2. The van der Waals surface area contributed by atoms with Crippen LogP contribution in [0.3, 0.4) is 0 Å². The van der Waals surface area contributed by atoms with Gasteiger partial charge in [0.2, 0.25) is 0 Å². The highest BCUT2D eigenvalue weighted by molar-refractivity contribution is 7.12. The molecule has 0 radical (unpaired) electrons. The predicted molar refractivity (Wildman–Crippen MR) is 66.2 cm³/mol. The second kappa shape index (κ2) is 4.64. The molecule has 3 N–H and O–H groups in total. The van der Waals surface area contributed by atoms with Gasteiger partial charge in [-0.05, 0) is 30.0 Å². The fourth-order valence-electron chi connectivity index (χ4n) is 1.32. The van der Waals surface area contributed by atoms with Gasteiger partial charge in [-0.2, -0.15) is 0 Å². The van der Waals surface area contributed by atoms with Crippen LogP contribution in [-0.4, -0.2) is 11.7 Å². The summed E-state index contributed by atoms with van der Waals surface area (Å²) in [5.74, 6) is 0.122. The smallest absolute Gasteiger partial charge is 0.0919 e. The Morgan fingerprint density at radius 1 is 1.40 bits per heavy atom. The zero-order valence-electron chi connectivity index (χ0n) is 9.95. The van der Waals surface area contributed by atoms with E-state index >= 15 is 0 Å². The van der Waals surface area contributed by atoms with Crippen LogP contribution in [0.4, 0.5) is 0 Å². The number of aliphatic hydroxyl groups is 1. The largest absolute Gasteiger partial charge is 0.387 e. The van der Waals surface area contributed by atoms with Crippen molar-refractivity contribution in [1.82, 2.24) is 0 Å². The first kappa shape index (κ1) is 12.7. The van der Waals surface area contributed by atoms with E-state index in [1.165, 1.54) is 4.88 Å². The van der Waals surface area contributed by atoms with Crippen molar-refractivity contribution in [3.8, 4) is 0 Å². The highest BCUT2D eigenvalue weighted by atomic mass is 32.1. The van der Waals surface area contributed by atoms with E-state index in [0.29, 0.717) is 6.54 Å². The molecule has 1 rings (SSSR count). The Bertz CT molecular complexity index is 314. The van der Waals surface area contributed by atoms with E-state index in [-0.39, 0.29) is 11.3 Å². The summed E-state index contributed by atoms with van der Waals surface area (Å²) in [4.78, 5) is 2.33. The molecule has 86 valence electrons. The first-order valence-corrected chi connectivity index (χ1v) is 6.16. The second-order valence-electron chi connectivity index (χ2n) is 5.11. The predicted octanol–water partition coefficient (Wildman–Crippen LogP) is 2.67. The Morgan fingerprint density at radius 3 is 2.40 bits per heavy atom. The molecule has 0 amide bonds. The molecular formula is C12H21NOS. The van der Waals surface area contributed by atoms with E-state index in [0.717, 1.165) is 4.88 Å². The lowest BCUT2D eigenvalue weighted by Gasteiger charge is -2.17. The van der Waals surface area contributed by atoms with Crippen molar-refractivity contribution in [2.45, 2.75) is 39.2 Å². The van der Waals surface area contributed by atoms with E-state index < -0.39 is 6.10 Å². The molecule has 2 unspecified atom stereocenters. The topological polar surface area (TPSA) is 46.2 Å². The van der Waals surface area contributed by atoms with Crippen LogP contribution in [0.25, 0.3) is 0 Å². The molecule has 2 nitrogen and oxygen atoms in total. The van der Waals surface area contributed by atoms with Gasteiger partial charge in [-0.15, -0.1) is 11.3 Å².